The lowest BCUT2D eigenvalue weighted by Crippen LogP contribution is -2.21. The molecule has 1 rings (SSSR count). The van der Waals surface area contributed by atoms with E-state index in [0.717, 1.165) is 0 Å². The molecule has 6 heteroatoms. The van der Waals surface area contributed by atoms with E-state index >= 15 is 0 Å². The van der Waals surface area contributed by atoms with Crippen LogP contribution in [-0.4, -0.2) is 22.7 Å². The van der Waals surface area contributed by atoms with Gasteiger partial charge in [-0.05, 0) is 12.1 Å². The molecule has 0 unspecified atom stereocenters. The number of nitrogens with zero attached hydrogens (tertiary/aromatic N) is 1. The summed E-state index contributed by atoms with van der Waals surface area (Å²) < 4.78 is 0. The molecule has 6 nitrogen and oxygen atoms in total. The van der Waals surface area contributed by atoms with Gasteiger partial charge in [-0.25, -0.2) is 4.79 Å². The fraction of sp³-hybridized carbons (Fsp3) is 0.182. The van der Waals surface area contributed by atoms with Crippen molar-refractivity contribution in [1.29, 1.82) is 0 Å². The molecule has 0 radical (unpaired) electrons. The summed E-state index contributed by atoms with van der Waals surface area (Å²) >= 11 is 0. The van der Waals surface area contributed by atoms with Crippen molar-refractivity contribution < 1.29 is 14.8 Å². The van der Waals surface area contributed by atoms with Crippen molar-refractivity contribution in [3.63, 3.8) is 0 Å². The van der Waals surface area contributed by atoms with Gasteiger partial charge in [0, 0.05) is 30.7 Å². The summed E-state index contributed by atoms with van der Waals surface area (Å²) in [5.74, 6) is 5.54. The number of carbonyl (C=O) groups is 1. The molecule has 17 heavy (non-hydrogen) atoms. The normalized spacial score (nSPS) is 8.94. The van der Waals surface area contributed by atoms with Gasteiger partial charge in [0.1, 0.15) is 0 Å². The van der Waals surface area contributed by atoms with E-state index in [9.17, 15) is 14.9 Å². The Kier molecular flexibility index (Phi) is 4.51. The fourth-order valence-electron chi connectivity index (χ4n) is 1.06. The number of nitro benzene ring substituents is 1. The topological polar surface area (TPSA) is 92.5 Å². The van der Waals surface area contributed by atoms with Crippen LogP contribution in [0.3, 0.4) is 0 Å². The zero-order valence-corrected chi connectivity index (χ0v) is 8.84. The van der Waals surface area contributed by atoms with Crippen molar-refractivity contribution in [3.8, 4) is 11.8 Å². The molecule has 0 spiro atoms. The van der Waals surface area contributed by atoms with Gasteiger partial charge in [-0.1, -0.05) is 11.8 Å². The summed E-state index contributed by atoms with van der Waals surface area (Å²) in [6, 6.07) is 5.85. The number of nitrogens with one attached hydrogen (secondary N) is 1. The Bertz CT molecular complexity index is 470. The second-order valence-electron chi connectivity index (χ2n) is 3.09. The van der Waals surface area contributed by atoms with E-state index in [-0.39, 0.29) is 12.2 Å². The molecule has 0 bridgehead atoms. The van der Waals surface area contributed by atoms with E-state index in [0.29, 0.717) is 12.0 Å². The summed E-state index contributed by atoms with van der Waals surface area (Å²) in [6.45, 7) is 0.259. The lowest BCUT2D eigenvalue weighted by Gasteiger charge is -1.93. The van der Waals surface area contributed by atoms with Crippen LogP contribution in [0, 0.1) is 22.0 Å². The number of amides is 1. The quantitative estimate of drug-likeness (QED) is 0.359. The number of hydrogen-bond donors (Lipinski definition) is 2. The third-order valence-electron chi connectivity index (χ3n) is 1.84. The highest BCUT2D eigenvalue weighted by Crippen LogP contribution is 2.10. The molecule has 1 aromatic rings. The van der Waals surface area contributed by atoms with Gasteiger partial charge in [0.25, 0.3) is 5.69 Å². The highest BCUT2D eigenvalue weighted by molar-refractivity contribution is 5.64. The van der Waals surface area contributed by atoms with Crippen molar-refractivity contribution in [2.45, 2.75) is 6.42 Å². The van der Waals surface area contributed by atoms with Crippen LogP contribution in [0.25, 0.3) is 0 Å². The molecule has 1 amide bonds. The Morgan fingerprint density at radius 1 is 1.41 bits per heavy atom. The highest BCUT2D eigenvalue weighted by Gasteiger charge is 2.01. The molecule has 0 fully saturated rings. The maximum Gasteiger partial charge on any atom is 0.404 e. The first kappa shape index (κ1) is 12.5. The van der Waals surface area contributed by atoms with Gasteiger partial charge < -0.3 is 10.4 Å². The van der Waals surface area contributed by atoms with E-state index in [1.165, 1.54) is 12.1 Å². The molecule has 1 aromatic carbocycles. The molecule has 0 saturated carbocycles. The summed E-state index contributed by atoms with van der Waals surface area (Å²) in [6.07, 6.45) is -0.689. The number of carboxylic acid groups (broad SMARTS) is 1. The second kappa shape index (κ2) is 6.12. The van der Waals surface area contributed by atoms with Crippen molar-refractivity contribution in [1.82, 2.24) is 5.32 Å². The zero-order chi connectivity index (χ0) is 12.7. The highest BCUT2D eigenvalue weighted by atomic mass is 16.6. The lowest BCUT2D eigenvalue weighted by molar-refractivity contribution is -0.384. The minimum Gasteiger partial charge on any atom is -0.465 e. The van der Waals surface area contributed by atoms with E-state index in [1.54, 1.807) is 12.1 Å². The van der Waals surface area contributed by atoms with Gasteiger partial charge >= 0.3 is 6.09 Å². The second-order valence-corrected chi connectivity index (χ2v) is 3.09. The lowest BCUT2D eigenvalue weighted by atomic mass is 10.2. The Balaban J connectivity index is 2.49. The monoisotopic (exact) mass is 234 g/mol. The molecular formula is C11H10N2O4. The summed E-state index contributed by atoms with van der Waals surface area (Å²) in [4.78, 5) is 20.0. The molecule has 88 valence electrons. The van der Waals surface area contributed by atoms with Crippen LogP contribution in [0.5, 0.6) is 0 Å². The number of non-ortho nitro benzene ring substituents is 1. The number of hydrogen-bond acceptors (Lipinski definition) is 3. The van der Waals surface area contributed by atoms with Crippen molar-refractivity contribution >= 4 is 11.8 Å². The van der Waals surface area contributed by atoms with Crippen molar-refractivity contribution in [2.24, 2.45) is 0 Å². The van der Waals surface area contributed by atoms with Gasteiger partial charge in [0.15, 0.2) is 0 Å². The predicted octanol–water partition coefficient (Wildman–Crippen LogP) is 1.60. The fourth-order valence-corrected chi connectivity index (χ4v) is 1.06. The maximum absolute atomic E-state index is 10.4. The zero-order valence-electron chi connectivity index (χ0n) is 8.84. The molecule has 0 saturated heterocycles. The van der Waals surface area contributed by atoms with Crippen molar-refractivity contribution in [2.75, 3.05) is 6.54 Å². The third-order valence-corrected chi connectivity index (χ3v) is 1.84. The minimum absolute atomic E-state index is 0.0168. The first-order chi connectivity index (χ1) is 8.09. The summed E-state index contributed by atoms with van der Waals surface area (Å²) in [5, 5.41) is 20.9. The standard InChI is InChI=1S/C11H10N2O4/c14-11(15)12-8-2-1-3-9-4-6-10(7-5-9)13(16)17/h4-7,12H,2,8H2,(H,14,15). The van der Waals surface area contributed by atoms with Crippen LogP contribution in [0.2, 0.25) is 0 Å². The number of nitro groups is 1. The largest absolute Gasteiger partial charge is 0.465 e. The van der Waals surface area contributed by atoms with Gasteiger partial charge in [0.05, 0.1) is 4.92 Å². The third kappa shape index (κ3) is 4.66. The Labute approximate surface area is 97.4 Å². The molecule has 0 aliphatic rings. The SMILES string of the molecule is O=C(O)NCCC#Cc1ccc([N+](=O)[O-])cc1. The van der Waals surface area contributed by atoms with Gasteiger partial charge in [-0.2, -0.15) is 0 Å². The average Bonchev–Trinajstić information content (AvgIpc) is 2.29. The molecule has 0 aromatic heterocycles. The smallest absolute Gasteiger partial charge is 0.404 e. The molecule has 0 atom stereocenters. The van der Waals surface area contributed by atoms with E-state index in [4.69, 9.17) is 5.11 Å². The van der Waals surface area contributed by atoms with Crippen LogP contribution in [0.1, 0.15) is 12.0 Å². The van der Waals surface area contributed by atoms with Crippen LogP contribution in [0.15, 0.2) is 24.3 Å². The van der Waals surface area contributed by atoms with E-state index in [1.807, 2.05) is 0 Å². The predicted molar refractivity (Wildman–Crippen MR) is 60.6 cm³/mol. The van der Waals surface area contributed by atoms with E-state index < -0.39 is 11.0 Å². The molecule has 0 heterocycles. The first-order valence-electron chi connectivity index (χ1n) is 4.79. The average molecular weight is 234 g/mol. The molecular weight excluding hydrogens is 224 g/mol. The Morgan fingerprint density at radius 3 is 2.59 bits per heavy atom. The van der Waals surface area contributed by atoms with Crippen LogP contribution < -0.4 is 5.32 Å². The Morgan fingerprint density at radius 2 is 2.06 bits per heavy atom. The summed E-state index contributed by atoms with van der Waals surface area (Å²) in [5.41, 5.74) is 0.675. The Hall–Kier alpha value is -2.55. The molecule has 0 aliphatic heterocycles. The first-order valence-corrected chi connectivity index (χ1v) is 4.79. The van der Waals surface area contributed by atoms with E-state index in [2.05, 4.69) is 17.2 Å². The van der Waals surface area contributed by atoms with Crippen LogP contribution in [-0.2, 0) is 0 Å². The van der Waals surface area contributed by atoms with Gasteiger partial charge in [-0.15, -0.1) is 0 Å². The summed E-state index contributed by atoms with van der Waals surface area (Å²) in [7, 11) is 0. The van der Waals surface area contributed by atoms with Crippen LogP contribution >= 0.6 is 0 Å². The van der Waals surface area contributed by atoms with Crippen molar-refractivity contribution in [3.05, 3.63) is 39.9 Å². The number of benzene rings is 1. The molecule has 0 aliphatic carbocycles. The van der Waals surface area contributed by atoms with Crippen LogP contribution in [0.4, 0.5) is 10.5 Å². The maximum atomic E-state index is 10.4. The van der Waals surface area contributed by atoms with Gasteiger partial charge in [0.2, 0.25) is 0 Å². The minimum atomic E-state index is -1.08. The molecule has 2 N–H and O–H groups in total. The number of rotatable bonds is 3. The van der Waals surface area contributed by atoms with Gasteiger partial charge in [-0.3, -0.25) is 10.1 Å².